The maximum absolute atomic E-state index is 12.1. The molecule has 4 fully saturated rings. The lowest BCUT2D eigenvalue weighted by atomic mass is 9.78. The van der Waals surface area contributed by atoms with Gasteiger partial charge in [-0.05, 0) is 24.3 Å². The molecule has 4 aliphatic rings. The van der Waals surface area contributed by atoms with Crippen molar-refractivity contribution in [2.24, 2.45) is 10.8 Å². The quantitative estimate of drug-likeness (QED) is 0.399. The van der Waals surface area contributed by atoms with Gasteiger partial charge in [0, 0.05) is 70.0 Å². The molecular weight excluding hydrogens is 458 g/mol. The van der Waals surface area contributed by atoms with Gasteiger partial charge in [-0.2, -0.15) is 0 Å². The lowest BCUT2D eigenvalue weighted by molar-refractivity contribution is -0.385. The number of hydrogen-bond acceptors (Lipinski definition) is 8. The minimum Gasteiger partial charge on any atom is -0.380 e. The molecule has 12 heteroatoms. The first kappa shape index (κ1) is 28.2. The largest absolute Gasteiger partial charge is 0.380 e. The average Bonchev–Trinajstić information content (AvgIpc) is 2.65. The fourth-order valence-corrected chi connectivity index (χ4v) is 3.94. The van der Waals surface area contributed by atoms with Crippen LogP contribution >= 0.6 is 0 Å². The monoisotopic (exact) mass is 487 g/mol. The van der Waals surface area contributed by atoms with Crippen molar-refractivity contribution in [2.75, 3.05) is 57.5 Å². The minimum atomic E-state index is -0.570. The van der Waals surface area contributed by atoms with E-state index < -0.39 is 10.7 Å². The molecule has 3 radical (unpaired) electrons. The van der Waals surface area contributed by atoms with Gasteiger partial charge >= 0.3 is 0 Å². The Hall–Kier alpha value is -3.09. The van der Waals surface area contributed by atoms with Gasteiger partial charge in [-0.3, -0.25) is 20.2 Å². The third kappa shape index (κ3) is 6.53. The van der Waals surface area contributed by atoms with Crippen LogP contribution in [-0.2, 0) is 9.47 Å². The molecule has 2 aromatic rings. The fourth-order valence-electron chi connectivity index (χ4n) is 3.94. The number of nitro groups is 2. The predicted molar refractivity (Wildman–Crippen MR) is 130 cm³/mol. The van der Waals surface area contributed by atoms with Gasteiger partial charge in [0.2, 0.25) is 0 Å². The van der Waals surface area contributed by atoms with Crippen molar-refractivity contribution in [3.8, 4) is 0 Å². The Balaban J connectivity index is 0.000000196. The van der Waals surface area contributed by atoms with Gasteiger partial charge < -0.3 is 19.7 Å². The Morgan fingerprint density at radius 3 is 1.51 bits per heavy atom. The summed E-state index contributed by atoms with van der Waals surface area (Å²) in [5.41, 5.74) is 2.09. The smallest absolute Gasteiger partial charge is 0.269 e. The molecule has 6 rings (SSSR count). The molecule has 0 atom stereocenters. The van der Waals surface area contributed by atoms with E-state index >= 15 is 0 Å². The Kier molecular flexibility index (Phi) is 9.30. The van der Waals surface area contributed by atoms with Crippen molar-refractivity contribution in [1.29, 1.82) is 0 Å². The third-order valence-corrected chi connectivity index (χ3v) is 6.15. The van der Waals surface area contributed by atoms with E-state index in [4.69, 9.17) is 9.47 Å². The second-order valence-electron chi connectivity index (χ2n) is 8.95. The van der Waals surface area contributed by atoms with Gasteiger partial charge in [-0.25, -0.2) is 4.39 Å². The molecule has 0 amide bonds. The summed E-state index contributed by atoms with van der Waals surface area (Å²) in [7, 11) is 0. The predicted octanol–water partition coefficient (Wildman–Crippen LogP) is 3.03. The van der Waals surface area contributed by atoms with Crippen LogP contribution in [0.1, 0.15) is 7.43 Å². The zero-order valence-electron chi connectivity index (χ0n) is 18.5. The number of nitrogens with zero attached hydrogens (tertiary/aromatic N) is 3. The Labute approximate surface area is 205 Å². The van der Waals surface area contributed by atoms with Crippen molar-refractivity contribution >= 4 is 25.5 Å². The van der Waals surface area contributed by atoms with Gasteiger partial charge in [0.05, 0.1) is 41.7 Å². The maximum Gasteiger partial charge on any atom is 0.269 e. The number of halogens is 1. The zero-order chi connectivity index (χ0) is 23.5. The fraction of sp³-hybridized carbons (Fsp3) is 0.478. The highest BCUT2D eigenvalue weighted by Crippen LogP contribution is 2.40. The average molecular weight is 487 g/mol. The van der Waals surface area contributed by atoms with Crippen LogP contribution < -0.4 is 10.2 Å². The highest BCUT2D eigenvalue weighted by Gasteiger charge is 2.49. The molecule has 4 aliphatic heterocycles. The highest BCUT2D eigenvalue weighted by molar-refractivity contribution is 5.75. The first-order valence-corrected chi connectivity index (χ1v) is 10.6. The van der Waals surface area contributed by atoms with E-state index in [9.17, 15) is 24.6 Å². The van der Waals surface area contributed by atoms with Crippen LogP contribution in [0.3, 0.4) is 0 Å². The van der Waals surface area contributed by atoms with E-state index in [0.717, 1.165) is 69.5 Å². The Morgan fingerprint density at radius 1 is 0.800 bits per heavy atom. The third-order valence-electron chi connectivity index (χ3n) is 6.15. The number of hydrogen-bond donors (Lipinski definition) is 1. The Morgan fingerprint density at radius 2 is 1.23 bits per heavy atom. The van der Waals surface area contributed by atoms with Gasteiger partial charge in [0.15, 0.2) is 0 Å². The lowest BCUT2D eigenvalue weighted by Crippen LogP contribution is -2.66. The maximum atomic E-state index is 12.1. The number of nitro benzene ring substituents is 2. The molecule has 0 saturated carbocycles. The summed E-state index contributed by atoms with van der Waals surface area (Å²) in [5, 5.41) is 23.7. The van der Waals surface area contributed by atoms with E-state index in [0.29, 0.717) is 10.8 Å². The summed E-state index contributed by atoms with van der Waals surface area (Å²) < 4.78 is 22.4. The highest BCUT2D eigenvalue weighted by atomic mass is 19.1. The zero-order valence-corrected chi connectivity index (χ0v) is 18.5. The number of anilines is 1. The molecule has 0 unspecified atom stereocenters. The molecule has 2 spiro atoms. The van der Waals surface area contributed by atoms with Crippen molar-refractivity contribution in [3.05, 3.63) is 74.6 Å². The van der Waals surface area contributed by atoms with Gasteiger partial charge in [-0.15, -0.1) is 0 Å². The molecule has 0 aliphatic carbocycles. The second-order valence-corrected chi connectivity index (χ2v) is 8.95. The van der Waals surface area contributed by atoms with Crippen LogP contribution in [0.2, 0.25) is 0 Å². The molecule has 4 heterocycles. The number of benzene rings is 2. The second kappa shape index (κ2) is 11.6. The van der Waals surface area contributed by atoms with Crippen LogP contribution in [-0.4, -0.2) is 70.9 Å². The van der Waals surface area contributed by atoms with Crippen LogP contribution in [0.25, 0.3) is 0 Å². The van der Waals surface area contributed by atoms with Gasteiger partial charge in [0.1, 0.15) is 5.82 Å². The van der Waals surface area contributed by atoms with E-state index in [1.165, 1.54) is 13.1 Å². The van der Waals surface area contributed by atoms with Crippen molar-refractivity contribution < 1.29 is 23.7 Å². The summed E-state index contributed by atoms with van der Waals surface area (Å²) in [5.74, 6) is -0.467. The molecule has 2 aromatic carbocycles. The lowest BCUT2D eigenvalue weighted by Gasteiger charge is -2.56. The Bertz CT molecular complexity index is 973. The van der Waals surface area contributed by atoms with Crippen molar-refractivity contribution in [1.82, 2.24) is 5.32 Å². The summed E-state index contributed by atoms with van der Waals surface area (Å²) in [6.45, 7) is 8.10. The van der Waals surface area contributed by atoms with Gasteiger partial charge in [0.25, 0.3) is 11.4 Å². The van der Waals surface area contributed by atoms with E-state index in [-0.39, 0.29) is 32.1 Å². The molecule has 10 nitrogen and oxygen atoms in total. The van der Waals surface area contributed by atoms with E-state index in [1.807, 2.05) is 12.1 Å². The summed E-state index contributed by atoms with van der Waals surface area (Å²) in [6.07, 6.45) is 0. The number of nitrogens with one attached hydrogen (secondary N) is 1. The number of non-ortho nitro benzene ring substituents is 2. The molecule has 187 valence electrons. The van der Waals surface area contributed by atoms with E-state index in [2.05, 4.69) is 10.2 Å². The molecular formula is C23H29BFN4O6. The summed E-state index contributed by atoms with van der Waals surface area (Å²) >= 11 is 0. The standard InChI is InChI=1S/C11H12N2O3.C6H4FNO2.C5H9NO.CH4.B/c14-13(15)10-3-1-9(2-4-10)12-5-11(6-12)7-16-8-11;7-5-1-3-6(4-2-5)8(9)10;1-5(2-6-1)3-7-4-5;;/h1-4H,5-8H2;1-4H;6H,1-4H2;1H4;. The van der Waals surface area contributed by atoms with Crippen molar-refractivity contribution in [2.45, 2.75) is 7.43 Å². The number of rotatable bonds is 3. The molecule has 1 N–H and O–H groups in total. The van der Waals surface area contributed by atoms with Crippen LogP contribution in [0.5, 0.6) is 0 Å². The van der Waals surface area contributed by atoms with Crippen LogP contribution in [0.4, 0.5) is 21.5 Å². The summed E-state index contributed by atoms with van der Waals surface area (Å²) in [4.78, 5) is 21.8. The summed E-state index contributed by atoms with van der Waals surface area (Å²) in [6, 6.07) is 11.1. The number of ether oxygens (including phenoxy) is 2. The first-order valence-electron chi connectivity index (χ1n) is 10.6. The molecule has 4 saturated heterocycles. The van der Waals surface area contributed by atoms with Crippen LogP contribution in [0, 0.1) is 36.9 Å². The topological polar surface area (TPSA) is 120 Å². The molecule has 35 heavy (non-hydrogen) atoms. The minimum absolute atomic E-state index is 0. The SMILES string of the molecule is C.C1NCC12COC2.O=[N+]([O-])c1ccc(F)cc1.O=[N+]([O-])c1ccc(N2CC3(COC3)C2)cc1.[B]. The van der Waals surface area contributed by atoms with Crippen LogP contribution in [0.15, 0.2) is 48.5 Å². The van der Waals surface area contributed by atoms with Gasteiger partial charge in [-0.1, -0.05) is 7.43 Å². The van der Waals surface area contributed by atoms with Crippen molar-refractivity contribution in [3.63, 3.8) is 0 Å². The van der Waals surface area contributed by atoms with E-state index in [1.54, 1.807) is 12.1 Å². The molecule has 0 bridgehead atoms. The normalized spacial score (nSPS) is 19.3. The molecule has 0 aromatic heterocycles. The first-order chi connectivity index (χ1) is 15.8.